The fourth-order valence-electron chi connectivity index (χ4n) is 3.37. The van der Waals surface area contributed by atoms with Crippen LogP contribution in [0.4, 0.5) is 0 Å². The molecule has 1 N–H and O–H groups in total. The Morgan fingerprint density at radius 3 is 2.25 bits per heavy atom. The summed E-state index contributed by atoms with van der Waals surface area (Å²) in [6.07, 6.45) is 0.718. The lowest BCUT2D eigenvalue weighted by Gasteiger charge is -2.38. The first-order valence-corrected chi connectivity index (χ1v) is 9.88. The first-order valence-electron chi connectivity index (χ1n) is 9.88. The fraction of sp³-hybridized carbons (Fsp3) is 0.619. The van der Waals surface area contributed by atoms with Crippen LogP contribution in [0.2, 0.25) is 0 Å². The molecule has 1 aliphatic rings. The van der Waals surface area contributed by atoms with Gasteiger partial charge >= 0.3 is 0 Å². The molecule has 7 nitrogen and oxygen atoms in total. The summed E-state index contributed by atoms with van der Waals surface area (Å²) in [5.41, 5.74) is 1.08. The molecule has 1 saturated heterocycles. The van der Waals surface area contributed by atoms with Crippen LogP contribution in [-0.4, -0.2) is 74.6 Å². The minimum Gasteiger partial charge on any atom is -0.493 e. The number of hydrogen-bond acceptors (Lipinski definition) is 5. The zero-order chi connectivity index (χ0) is 20.7. The van der Waals surface area contributed by atoms with Crippen molar-refractivity contribution in [1.82, 2.24) is 15.1 Å². The highest BCUT2D eigenvalue weighted by atomic mass is 16.5. The van der Waals surface area contributed by atoms with E-state index in [1.54, 1.807) is 14.2 Å². The minimum atomic E-state index is -0.207. The molecule has 0 saturated carbocycles. The van der Waals surface area contributed by atoms with E-state index in [2.05, 4.69) is 10.2 Å². The largest absolute Gasteiger partial charge is 0.493 e. The Labute approximate surface area is 168 Å². The molecule has 2 amide bonds. The number of piperazine rings is 1. The van der Waals surface area contributed by atoms with Crippen molar-refractivity contribution in [2.75, 3.05) is 46.9 Å². The van der Waals surface area contributed by atoms with E-state index in [1.165, 1.54) is 0 Å². The normalized spacial score (nSPS) is 16.0. The number of benzene rings is 1. The SMILES string of the molecule is COc1ccc(CCNC(=O)C(C)N2CCN(C(=O)C(C)C)CC2)cc1OC. The van der Waals surface area contributed by atoms with Crippen LogP contribution in [-0.2, 0) is 16.0 Å². The molecule has 0 aliphatic carbocycles. The molecule has 1 unspecified atom stereocenters. The Morgan fingerprint density at radius 2 is 1.68 bits per heavy atom. The van der Waals surface area contributed by atoms with Crippen molar-refractivity contribution in [2.45, 2.75) is 33.2 Å². The Balaban J connectivity index is 1.78. The average Bonchev–Trinajstić information content (AvgIpc) is 2.72. The number of amides is 2. The second-order valence-corrected chi connectivity index (χ2v) is 7.42. The van der Waals surface area contributed by atoms with Crippen molar-refractivity contribution in [3.05, 3.63) is 23.8 Å². The molecule has 7 heteroatoms. The molecule has 1 atom stereocenters. The number of carbonyl (C=O) groups is 2. The molecular weight excluding hydrogens is 358 g/mol. The molecule has 28 heavy (non-hydrogen) atoms. The lowest BCUT2D eigenvalue weighted by molar-refractivity contribution is -0.137. The van der Waals surface area contributed by atoms with Crippen LogP contribution in [0.25, 0.3) is 0 Å². The van der Waals surface area contributed by atoms with E-state index in [0.29, 0.717) is 31.1 Å². The van der Waals surface area contributed by atoms with E-state index in [4.69, 9.17) is 9.47 Å². The lowest BCUT2D eigenvalue weighted by atomic mass is 10.1. The Bertz CT molecular complexity index is 670. The van der Waals surface area contributed by atoms with Gasteiger partial charge in [0.15, 0.2) is 11.5 Å². The molecule has 1 fully saturated rings. The van der Waals surface area contributed by atoms with Crippen LogP contribution < -0.4 is 14.8 Å². The lowest BCUT2D eigenvalue weighted by Crippen LogP contribution is -2.55. The number of ether oxygens (including phenoxy) is 2. The van der Waals surface area contributed by atoms with Crippen molar-refractivity contribution in [1.29, 1.82) is 0 Å². The van der Waals surface area contributed by atoms with Crippen LogP contribution in [0.5, 0.6) is 11.5 Å². The van der Waals surface area contributed by atoms with E-state index < -0.39 is 0 Å². The number of nitrogens with one attached hydrogen (secondary N) is 1. The standard InChI is InChI=1S/C21H33N3O4/c1-15(2)21(26)24-12-10-23(11-13-24)16(3)20(25)22-9-8-17-6-7-18(27-4)19(14-17)28-5/h6-7,14-16H,8-13H2,1-5H3,(H,22,25). The third-order valence-electron chi connectivity index (χ3n) is 5.21. The maximum absolute atomic E-state index is 12.5. The zero-order valence-electron chi connectivity index (χ0n) is 17.7. The van der Waals surface area contributed by atoms with Gasteiger partial charge in [0.25, 0.3) is 0 Å². The van der Waals surface area contributed by atoms with E-state index in [1.807, 2.05) is 43.9 Å². The number of hydrogen-bond donors (Lipinski definition) is 1. The van der Waals surface area contributed by atoms with Gasteiger partial charge < -0.3 is 19.7 Å². The van der Waals surface area contributed by atoms with Gasteiger partial charge in [0.1, 0.15) is 0 Å². The summed E-state index contributed by atoms with van der Waals surface area (Å²) in [4.78, 5) is 28.6. The number of carbonyl (C=O) groups excluding carboxylic acids is 2. The number of rotatable bonds is 8. The summed E-state index contributed by atoms with van der Waals surface area (Å²) in [5, 5.41) is 3.01. The zero-order valence-corrected chi connectivity index (χ0v) is 17.7. The first kappa shape index (κ1) is 22.0. The van der Waals surface area contributed by atoms with Crippen molar-refractivity contribution in [2.24, 2.45) is 5.92 Å². The summed E-state index contributed by atoms with van der Waals surface area (Å²) in [6, 6.07) is 5.57. The summed E-state index contributed by atoms with van der Waals surface area (Å²) in [7, 11) is 3.22. The molecule has 2 rings (SSSR count). The number of methoxy groups -OCH3 is 2. The predicted octanol–water partition coefficient (Wildman–Crippen LogP) is 1.55. The average molecular weight is 392 g/mol. The molecule has 1 aromatic rings. The molecule has 0 bridgehead atoms. The van der Waals surface area contributed by atoms with Gasteiger partial charge in [-0.25, -0.2) is 0 Å². The van der Waals surface area contributed by atoms with Gasteiger partial charge in [-0.05, 0) is 31.0 Å². The molecule has 156 valence electrons. The predicted molar refractivity (Wildman–Crippen MR) is 109 cm³/mol. The quantitative estimate of drug-likeness (QED) is 0.728. The van der Waals surface area contributed by atoms with Gasteiger partial charge in [-0.15, -0.1) is 0 Å². The Kier molecular flexibility index (Phi) is 8.11. The monoisotopic (exact) mass is 391 g/mol. The molecule has 1 aliphatic heterocycles. The fourth-order valence-corrected chi connectivity index (χ4v) is 3.37. The first-order chi connectivity index (χ1) is 13.4. The van der Waals surface area contributed by atoms with Gasteiger partial charge in [-0.1, -0.05) is 19.9 Å². The highest BCUT2D eigenvalue weighted by Gasteiger charge is 2.28. The topological polar surface area (TPSA) is 71.1 Å². The second-order valence-electron chi connectivity index (χ2n) is 7.42. The van der Waals surface area contributed by atoms with Crippen molar-refractivity contribution in [3.63, 3.8) is 0 Å². The van der Waals surface area contributed by atoms with Crippen LogP contribution in [0, 0.1) is 5.92 Å². The highest BCUT2D eigenvalue weighted by Crippen LogP contribution is 2.27. The minimum absolute atomic E-state index is 0.0175. The van der Waals surface area contributed by atoms with E-state index in [-0.39, 0.29) is 23.8 Å². The highest BCUT2D eigenvalue weighted by molar-refractivity contribution is 5.81. The van der Waals surface area contributed by atoms with Crippen LogP contribution in [0.3, 0.4) is 0 Å². The maximum Gasteiger partial charge on any atom is 0.237 e. The van der Waals surface area contributed by atoms with Crippen molar-refractivity contribution >= 4 is 11.8 Å². The van der Waals surface area contributed by atoms with Gasteiger partial charge in [0.2, 0.25) is 11.8 Å². The molecule has 0 radical (unpaired) electrons. The third kappa shape index (κ3) is 5.61. The van der Waals surface area contributed by atoms with Crippen LogP contribution >= 0.6 is 0 Å². The van der Waals surface area contributed by atoms with Crippen LogP contribution in [0.15, 0.2) is 18.2 Å². The Hall–Kier alpha value is -2.28. The van der Waals surface area contributed by atoms with E-state index in [9.17, 15) is 9.59 Å². The molecular formula is C21H33N3O4. The van der Waals surface area contributed by atoms with Gasteiger partial charge in [0, 0.05) is 38.6 Å². The smallest absolute Gasteiger partial charge is 0.237 e. The van der Waals surface area contributed by atoms with E-state index in [0.717, 1.165) is 25.1 Å². The third-order valence-corrected chi connectivity index (χ3v) is 5.21. The van der Waals surface area contributed by atoms with Crippen LogP contribution in [0.1, 0.15) is 26.3 Å². The van der Waals surface area contributed by atoms with Gasteiger partial charge in [0.05, 0.1) is 20.3 Å². The van der Waals surface area contributed by atoms with Gasteiger partial charge in [-0.3, -0.25) is 14.5 Å². The summed E-state index contributed by atoms with van der Waals surface area (Å²) < 4.78 is 10.6. The molecule has 1 aromatic carbocycles. The summed E-state index contributed by atoms with van der Waals surface area (Å²) in [6.45, 7) is 9.13. The number of nitrogens with zero attached hydrogens (tertiary/aromatic N) is 2. The molecule has 1 heterocycles. The summed E-state index contributed by atoms with van der Waals surface area (Å²) in [5.74, 6) is 1.60. The molecule has 0 aromatic heterocycles. The van der Waals surface area contributed by atoms with Crippen molar-refractivity contribution < 1.29 is 19.1 Å². The van der Waals surface area contributed by atoms with Gasteiger partial charge in [-0.2, -0.15) is 0 Å². The van der Waals surface area contributed by atoms with Crippen molar-refractivity contribution in [3.8, 4) is 11.5 Å². The summed E-state index contributed by atoms with van der Waals surface area (Å²) >= 11 is 0. The molecule has 0 spiro atoms. The maximum atomic E-state index is 12.5. The Morgan fingerprint density at radius 1 is 1.04 bits per heavy atom. The second kappa shape index (κ2) is 10.3. The van der Waals surface area contributed by atoms with E-state index >= 15 is 0 Å².